The molecule has 13 aromatic rings. The lowest BCUT2D eigenvalue weighted by atomic mass is 10.1. The standard InChI is InChI=1S/C60H41N3Si/c1-5-21-42(22-6-1)61-53-33-17-15-31-49(53)51-39-43(37-38-57(51)61)62-54-34-18-16-32-50(54)52-40-59(63-55-35-19-13-29-47(55)48-30-14-20-36-56(48)63)60(41-58(52)62)64(44-23-7-2-8-24-44,45-25-9-3-10-26-45)46-27-11-4-12-28-46/h1-41H. The SMILES string of the molecule is c1ccc(-n2c3ccccc3c3cc(-n4c5ccccc5c5cc(-n6c7ccccc7c7ccccc76)c([Si](c6ccccc6)(c6ccccc6)c6ccccc6)cc54)ccc32)cc1. The molecule has 0 fully saturated rings. The molecular formula is C60H41N3Si. The summed E-state index contributed by atoms with van der Waals surface area (Å²) in [4.78, 5) is 0. The molecule has 0 aliphatic heterocycles. The summed E-state index contributed by atoms with van der Waals surface area (Å²) < 4.78 is 7.49. The average Bonchev–Trinajstić information content (AvgIpc) is 4.00. The van der Waals surface area contributed by atoms with Gasteiger partial charge in [-0.05, 0) is 87.5 Å². The van der Waals surface area contributed by atoms with Crippen LogP contribution < -0.4 is 20.7 Å². The predicted molar refractivity (Wildman–Crippen MR) is 273 cm³/mol. The maximum Gasteiger partial charge on any atom is 0.181 e. The van der Waals surface area contributed by atoms with Crippen LogP contribution in [0.1, 0.15) is 0 Å². The van der Waals surface area contributed by atoms with Gasteiger partial charge < -0.3 is 13.7 Å². The Bertz CT molecular complexity index is 3730. The molecule has 64 heavy (non-hydrogen) atoms. The highest BCUT2D eigenvalue weighted by Crippen LogP contribution is 2.39. The first kappa shape index (κ1) is 36.5. The predicted octanol–water partition coefficient (Wildman–Crippen LogP) is 12.4. The number of hydrogen-bond donors (Lipinski definition) is 0. The number of benzene rings is 10. The van der Waals surface area contributed by atoms with Gasteiger partial charge in [-0.2, -0.15) is 0 Å². The molecule has 3 nitrogen and oxygen atoms in total. The minimum Gasteiger partial charge on any atom is -0.309 e. The fourth-order valence-corrected chi connectivity index (χ4v) is 15.9. The second kappa shape index (κ2) is 14.5. The van der Waals surface area contributed by atoms with Crippen molar-refractivity contribution in [2.24, 2.45) is 0 Å². The lowest BCUT2D eigenvalue weighted by molar-refractivity contribution is 1.16. The van der Waals surface area contributed by atoms with E-state index in [4.69, 9.17) is 0 Å². The largest absolute Gasteiger partial charge is 0.309 e. The Labute approximate surface area is 372 Å². The molecule has 0 atom stereocenters. The maximum absolute atomic E-state index is 3.12. The van der Waals surface area contributed by atoms with Gasteiger partial charge in [-0.25, -0.2) is 0 Å². The molecule has 0 radical (unpaired) electrons. The minimum absolute atomic E-state index is 1.14. The second-order valence-corrected chi connectivity index (χ2v) is 20.6. The third-order valence-corrected chi connectivity index (χ3v) is 18.4. The van der Waals surface area contributed by atoms with Gasteiger partial charge in [0.05, 0.1) is 33.1 Å². The van der Waals surface area contributed by atoms with Crippen LogP contribution in [0.3, 0.4) is 0 Å². The van der Waals surface area contributed by atoms with E-state index >= 15 is 0 Å². The molecule has 3 aromatic heterocycles. The first-order chi connectivity index (χ1) is 31.8. The molecule has 4 heteroatoms. The van der Waals surface area contributed by atoms with Crippen LogP contribution in [0, 0.1) is 0 Å². The molecule has 0 bridgehead atoms. The summed E-state index contributed by atoms with van der Waals surface area (Å²) in [6, 6.07) is 92.6. The van der Waals surface area contributed by atoms with Crippen LogP contribution in [0.2, 0.25) is 0 Å². The fraction of sp³-hybridized carbons (Fsp3) is 0. The van der Waals surface area contributed by atoms with E-state index in [1.165, 1.54) is 91.9 Å². The topological polar surface area (TPSA) is 14.8 Å². The second-order valence-electron chi connectivity index (χ2n) is 16.8. The van der Waals surface area contributed by atoms with Gasteiger partial charge >= 0.3 is 0 Å². The Morgan fingerprint density at radius 3 is 1.08 bits per heavy atom. The highest BCUT2D eigenvalue weighted by atomic mass is 28.3. The van der Waals surface area contributed by atoms with E-state index < -0.39 is 8.07 Å². The van der Waals surface area contributed by atoms with Crippen molar-refractivity contribution in [3.8, 4) is 17.1 Å². The highest BCUT2D eigenvalue weighted by Gasteiger charge is 2.44. The zero-order valence-electron chi connectivity index (χ0n) is 35.0. The Hall–Kier alpha value is -8.18. The molecule has 0 aliphatic carbocycles. The van der Waals surface area contributed by atoms with Gasteiger partial charge in [0.1, 0.15) is 0 Å². The fourth-order valence-electron chi connectivity index (χ4n) is 10.9. The van der Waals surface area contributed by atoms with E-state index in [0.717, 1.165) is 11.4 Å². The zero-order valence-corrected chi connectivity index (χ0v) is 36.0. The van der Waals surface area contributed by atoms with Crippen molar-refractivity contribution in [1.82, 2.24) is 13.7 Å². The van der Waals surface area contributed by atoms with Gasteiger partial charge in [0.25, 0.3) is 0 Å². The Morgan fingerprint density at radius 1 is 0.234 bits per heavy atom. The Morgan fingerprint density at radius 2 is 0.594 bits per heavy atom. The lowest BCUT2D eigenvalue weighted by Gasteiger charge is -2.36. The van der Waals surface area contributed by atoms with Gasteiger partial charge in [-0.15, -0.1) is 0 Å². The first-order valence-corrected chi connectivity index (χ1v) is 24.1. The summed E-state index contributed by atoms with van der Waals surface area (Å²) >= 11 is 0. The summed E-state index contributed by atoms with van der Waals surface area (Å²) in [7, 11) is -3.12. The van der Waals surface area contributed by atoms with E-state index in [-0.39, 0.29) is 0 Å². The molecule has 0 N–H and O–H groups in total. The van der Waals surface area contributed by atoms with Crippen molar-refractivity contribution in [1.29, 1.82) is 0 Å². The molecule has 13 rings (SSSR count). The normalized spacial score (nSPS) is 12.1. The number of aromatic nitrogens is 3. The van der Waals surface area contributed by atoms with E-state index in [9.17, 15) is 0 Å². The van der Waals surface area contributed by atoms with Gasteiger partial charge in [0, 0.05) is 49.4 Å². The molecular weight excluding hydrogens is 791 g/mol. The number of para-hydroxylation sites is 5. The summed E-state index contributed by atoms with van der Waals surface area (Å²) in [6.45, 7) is 0. The van der Waals surface area contributed by atoms with E-state index in [1.807, 2.05) is 0 Å². The summed E-state index contributed by atoms with van der Waals surface area (Å²) in [5.74, 6) is 0. The third-order valence-electron chi connectivity index (χ3n) is 13.6. The van der Waals surface area contributed by atoms with Gasteiger partial charge in [0.2, 0.25) is 0 Å². The third kappa shape index (κ3) is 5.27. The van der Waals surface area contributed by atoms with Crippen molar-refractivity contribution >= 4 is 94.2 Å². The number of fused-ring (bicyclic) bond motifs is 9. The quantitative estimate of drug-likeness (QED) is 0.112. The molecule has 10 aromatic carbocycles. The average molecular weight is 832 g/mol. The maximum atomic E-state index is 2.59. The molecule has 3 heterocycles. The molecule has 0 aliphatic rings. The minimum atomic E-state index is -3.12. The number of hydrogen-bond acceptors (Lipinski definition) is 0. The number of rotatable bonds is 7. The first-order valence-electron chi connectivity index (χ1n) is 22.1. The van der Waals surface area contributed by atoms with Crippen LogP contribution in [0.4, 0.5) is 0 Å². The van der Waals surface area contributed by atoms with E-state index in [2.05, 4.69) is 262 Å². The summed E-state index contributed by atoms with van der Waals surface area (Å²) in [6.07, 6.45) is 0. The molecule has 0 spiro atoms. The molecule has 0 saturated carbocycles. The lowest BCUT2D eigenvalue weighted by Crippen LogP contribution is -2.75. The molecule has 0 amide bonds. The molecule has 0 saturated heterocycles. The van der Waals surface area contributed by atoms with Gasteiger partial charge in [-0.3, -0.25) is 0 Å². The van der Waals surface area contributed by atoms with Crippen molar-refractivity contribution in [2.45, 2.75) is 0 Å². The van der Waals surface area contributed by atoms with Crippen molar-refractivity contribution in [3.05, 3.63) is 249 Å². The van der Waals surface area contributed by atoms with Crippen LogP contribution >= 0.6 is 0 Å². The molecule has 300 valence electrons. The van der Waals surface area contributed by atoms with Gasteiger partial charge in [0.15, 0.2) is 8.07 Å². The van der Waals surface area contributed by atoms with Crippen molar-refractivity contribution in [3.63, 3.8) is 0 Å². The van der Waals surface area contributed by atoms with E-state index in [0.29, 0.717) is 0 Å². The van der Waals surface area contributed by atoms with E-state index in [1.54, 1.807) is 0 Å². The highest BCUT2D eigenvalue weighted by molar-refractivity contribution is 7.20. The van der Waals surface area contributed by atoms with Crippen LogP contribution in [0.15, 0.2) is 249 Å². The van der Waals surface area contributed by atoms with Crippen LogP contribution in [-0.4, -0.2) is 21.8 Å². The molecule has 0 unspecified atom stereocenters. The number of nitrogens with zero attached hydrogens (tertiary/aromatic N) is 3. The van der Waals surface area contributed by atoms with Gasteiger partial charge in [-0.1, -0.05) is 182 Å². The summed E-state index contributed by atoms with van der Waals surface area (Å²) in [5.41, 5.74) is 10.7. The Kier molecular flexibility index (Phi) is 8.23. The smallest absolute Gasteiger partial charge is 0.181 e. The monoisotopic (exact) mass is 831 g/mol. The van der Waals surface area contributed by atoms with Crippen molar-refractivity contribution < 1.29 is 0 Å². The van der Waals surface area contributed by atoms with Crippen molar-refractivity contribution in [2.75, 3.05) is 0 Å². The zero-order chi connectivity index (χ0) is 42.2. The Balaban J connectivity index is 1.22. The van der Waals surface area contributed by atoms with Crippen LogP contribution in [-0.2, 0) is 0 Å². The summed E-state index contributed by atoms with van der Waals surface area (Å²) in [5, 5.41) is 12.8. The van der Waals surface area contributed by atoms with Crippen LogP contribution in [0.25, 0.3) is 82.5 Å². The van der Waals surface area contributed by atoms with Crippen LogP contribution in [0.5, 0.6) is 0 Å².